The molecule has 0 saturated carbocycles. The lowest BCUT2D eigenvalue weighted by atomic mass is 9.98. The number of hydrogen-bond donors (Lipinski definition) is 1. The van der Waals surface area contributed by atoms with E-state index < -0.39 is 0 Å². The Morgan fingerprint density at radius 3 is 2.00 bits per heavy atom. The van der Waals surface area contributed by atoms with E-state index in [4.69, 9.17) is 0 Å². The number of nitrogens with one attached hydrogen (secondary N) is 1. The van der Waals surface area contributed by atoms with Gasteiger partial charge in [0, 0.05) is 11.4 Å². The topological polar surface area (TPSA) is 29.1 Å². The van der Waals surface area contributed by atoms with Crippen molar-refractivity contribution >= 4 is 21.8 Å². The largest absolute Gasteiger partial charge is 0.345 e. The summed E-state index contributed by atoms with van der Waals surface area (Å²) in [6.45, 7) is 1.47. The predicted molar refractivity (Wildman–Crippen MR) is 76.2 cm³/mol. The van der Waals surface area contributed by atoms with E-state index >= 15 is 0 Å². The van der Waals surface area contributed by atoms with Gasteiger partial charge in [-0.1, -0.05) is 40.2 Å². The second-order valence-corrected chi connectivity index (χ2v) is 5.15. The number of halogens is 2. The first-order valence-electron chi connectivity index (χ1n) is 5.84. The van der Waals surface area contributed by atoms with Crippen LogP contribution in [0.2, 0.25) is 0 Å². The molecule has 1 N–H and O–H groups in total. The first-order chi connectivity index (χ1) is 9.06. The molecule has 2 rings (SSSR count). The fourth-order valence-electron chi connectivity index (χ4n) is 1.87. The molecule has 2 aromatic carbocycles. The van der Waals surface area contributed by atoms with E-state index in [9.17, 15) is 9.18 Å². The molecular formula is C15H13BrFNO. The summed E-state index contributed by atoms with van der Waals surface area (Å²) in [5.74, 6) is -0.418. The molecule has 0 heterocycles. The van der Waals surface area contributed by atoms with E-state index in [1.807, 2.05) is 24.3 Å². The lowest BCUT2D eigenvalue weighted by molar-refractivity contribution is -0.119. The van der Waals surface area contributed by atoms with Gasteiger partial charge in [0.05, 0.1) is 6.04 Å². The zero-order chi connectivity index (χ0) is 13.8. The average molecular weight is 322 g/mol. The van der Waals surface area contributed by atoms with Crippen molar-refractivity contribution in [2.45, 2.75) is 13.0 Å². The summed E-state index contributed by atoms with van der Waals surface area (Å²) >= 11 is 3.37. The highest BCUT2D eigenvalue weighted by Gasteiger charge is 2.15. The molecule has 1 atom stereocenters. The molecule has 0 aromatic heterocycles. The highest BCUT2D eigenvalue weighted by Crippen LogP contribution is 2.24. The van der Waals surface area contributed by atoms with Crippen LogP contribution < -0.4 is 5.32 Å². The second-order valence-electron chi connectivity index (χ2n) is 4.24. The Morgan fingerprint density at radius 1 is 1.05 bits per heavy atom. The number of benzene rings is 2. The van der Waals surface area contributed by atoms with Crippen LogP contribution in [0.4, 0.5) is 4.39 Å². The third kappa shape index (κ3) is 3.64. The molecular weight excluding hydrogens is 309 g/mol. The quantitative estimate of drug-likeness (QED) is 0.915. The minimum absolute atomic E-state index is 0.128. The van der Waals surface area contributed by atoms with E-state index in [2.05, 4.69) is 21.2 Å². The number of carbonyl (C=O) groups is 1. The van der Waals surface area contributed by atoms with Gasteiger partial charge >= 0.3 is 0 Å². The van der Waals surface area contributed by atoms with Gasteiger partial charge in [-0.15, -0.1) is 0 Å². The summed E-state index contributed by atoms with van der Waals surface area (Å²) in [6.07, 6.45) is 0. The Hall–Kier alpha value is -1.68. The van der Waals surface area contributed by atoms with E-state index in [0.717, 1.165) is 15.6 Å². The minimum Gasteiger partial charge on any atom is -0.345 e. The summed E-state index contributed by atoms with van der Waals surface area (Å²) in [4.78, 5) is 11.3. The van der Waals surface area contributed by atoms with Crippen molar-refractivity contribution in [1.82, 2.24) is 5.32 Å². The molecule has 0 aliphatic carbocycles. The SMILES string of the molecule is CC(=O)N[C@H](c1ccc(F)cc1)c1ccc(Br)cc1. The fourth-order valence-corrected chi connectivity index (χ4v) is 2.14. The van der Waals surface area contributed by atoms with E-state index in [1.54, 1.807) is 12.1 Å². The Balaban J connectivity index is 2.37. The Labute approximate surface area is 119 Å². The van der Waals surface area contributed by atoms with Crippen LogP contribution in [0.5, 0.6) is 0 Å². The van der Waals surface area contributed by atoms with Crippen LogP contribution in [0.3, 0.4) is 0 Å². The fraction of sp³-hybridized carbons (Fsp3) is 0.133. The average Bonchev–Trinajstić information content (AvgIpc) is 2.38. The summed E-state index contributed by atoms with van der Waals surface area (Å²) in [5, 5.41) is 2.87. The van der Waals surface area contributed by atoms with E-state index in [-0.39, 0.29) is 17.8 Å². The lowest BCUT2D eigenvalue weighted by Crippen LogP contribution is -2.26. The van der Waals surface area contributed by atoms with E-state index in [1.165, 1.54) is 19.1 Å². The zero-order valence-electron chi connectivity index (χ0n) is 10.4. The van der Waals surface area contributed by atoms with Gasteiger partial charge in [-0.25, -0.2) is 4.39 Å². The minimum atomic E-state index is -0.291. The maximum Gasteiger partial charge on any atom is 0.217 e. The van der Waals surface area contributed by atoms with Crippen LogP contribution >= 0.6 is 15.9 Å². The van der Waals surface area contributed by atoms with Crippen LogP contribution in [0.1, 0.15) is 24.1 Å². The molecule has 1 amide bonds. The van der Waals surface area contributed by atoms with Crippen molar-refractivity contribution in [3.8, 4) is 0 Å². The molecule has 0 bridgehead atoms. The van der Waals surface area contributed by atoms with Gasteiger partial charge in [-0.2, -0.15) is 0 Å². The zero-order valence-corrected chi connectivity index (χ0v) is 11.9. The smallest absolute Gasteiger partial charge is 0.217 e. The van der Waals surface area contributed by atoms with Crippen molar-refractivity contribution in [1.29, 1.82) is 0 Å². The number of rotatable bonds is 3. The summed E-state index contributed by atoms with van der Waals surface area (Å²) in [7, 11) is 0. The predicted octanol–water partition coefficient (Wildman–Crippen LogP) is 3.81. The summed E-state index contributed by atoms with van der Waals surface area (Å²) in [5.41, 5.74) is 1.80. The van der Waals surface area contributed by atoms with Gasteiger partial charge in [0.15, 0.2) is 0 Å². The van der Waals surface area contributed by atoms with E-state index in [0.29, 0.717) is 0 Å². The highest BCUT2D eigenvalue weighted by molar-refractivity contribution is 9.10. The molecule has 19 heavy (non-hydrogen) atoms. The number of carbonyl (C=O) groups excluding carboxylic acids is 1. The highest BCUT2D eigenvalue weighted by atomic mass is 79.9. The molecule has 0 saturated heterocycles. The Morgan fingerprint density at radius 2 is 1.53 bits per heavy atom. The standard InChI is InChI=1S/C15H13BrFNO/c1-10(19)18-15(11-2-6-13(16)7-3-11)12-4-8-14(17)9-5-12/h2-9,15H,1H3,(H,18,19)/t15-/m0/s1. The van der Waals surface area contributed by atoms with Crippen molar-refractivity contribution in [3.63, 3.8) is 0 Å². The van der Waals surface area contributed by atoms with Gasteiger partial charge < -0.3 is 5.32 Å². The lowest BCUT2D eigenvalue weighted by Gasteiger charge is -2.19. The summed E-state index contributed by atoms with van der Waals surface area (Å²) < 4.78 is 13.9. The maximum absolute atomic E-state index is 13.0. The van der Waals surface area contributed by atoms with Gasteiger partial charge in [0.25, 0.3) is 0 Å². The first kappa shape index (κ1) is 13.7. The molecule has 0 unspecified atom stereocenters. The van der Waals surface area contributed by atoms with Crippen molar-refractivity contribution in [2.24, 2.45) is 0 Å². The third-order valence-corrected chi connectivity index (χ3v) is 3.28. The normalized spacial score (nSPS) is 11.9. The number of amides is 1. The van der Waals surface area contributed by atoms with Gasteiger partial charge in [0.1, 0.15) is 5.82 Å². The molecule has 0 aliphatic heterocycles. The molecule has 0 aliphatic rings. The Bertz CT molecular complexity index is 520. The molecule has 2 aromatic rings. The van der Waals surface area contributed by atoms with Crippen LogP contribution in [-0.4, -0.2) is 5.91 Å². The Kier molecular flexibility index (Phi) is 4.32. The molecule has 4 heteroatoms. The van der Waals surface area contributed by atoms with Crippen molar-refractivity contribution < 1.29 is 9.18 Å². The third-order valence-electron chi connectivity index (χ3n) is 2.75. The van der Waals surface area contributed by atoms with Gasteiger partial charge in [-0.05, 0) is 35.4 Å². The molecule has 98 valence electrons. The van der Waals surface area contributed by atoms with Crippen LogP contribution in [0.15, 0.2) is 53.0 Å². The second kappa shape index (κ2) is 5.97. The van der Waals surface area contributed by atoms with Gasteiger partial charge in [0.2, 0.25) is 5.91 Å². The van der Waals surface area contributed by atoms with Gasteiger partial charge in [-0.3, -0.25) is 4.79 Å². The maximum atomic E-state index is 13.0. The van der Waals surface area contributed by atoms with Crippen molar-refractivity contribution in [3.05, 3.63) is 69.9 Å². The molecule has 0 fully saturated rings. The van der Waals surface area contributed by atoms with Crippen LogP contribution in [0, 0.1) is 5.82 Å². The van der Waals surface area contributed by atoms with Crippen LogP contribution in [0.25, 0.3) is 0 Å². The monoisotopic (exact) mass is 321 g/mol. The molecule has 2 nitrogen and oxygen atoms in total. The first-order valence-corrected chi connectivity index (χ1v) is 6.63. The number of hydrogen-bond acceptors (Lipinski definition) is 1. The van der Waals surface area contributed by atoms with Crippen molar-refractivity contribution in [2.75, 3.05) is 0 Å². The van der Waals surface area contributed by atoms with Crippen LogP contribution in [-0.2, 0) is 4.79 Å². The molecule has 0 spiro atoms. The molecule has 0 radical (unpaired) electrons. The summed E-state index contributed by atoms with van der Waals surface area (Å²) in [6, 6.07) is 13.5.